The van der Waals surface area contributed by atoms with Gasteiger partial charge in [0.05, 0.1) is 0 Å². The van der Waals surface area contributed by atoms with Crippen molar-refractivity contribution in [3.63, 3.8) is 0 Å². The molecule has 0 heterocycles. The monoisotopic (exact) mass is 302 g/mol. The Morgan fingerprint density at radius 1 is 1.00 bits per heavy atom. The lowest BCUT2D eigenvalue weighted by atomic mass is 9.45. The summed E-state index contributed by atoms with van der Waals surface area (Å²) in [4.78, 5) is 37.2. The molecule has 4 saturated carbocycles. The maximum atomic E-state index is 13.0. The van der Waals surface area contributed by atoms with Gasteiger partial charge in [0.25, 0.3) is 0 Å². The highest BCUT2D eigenvalue weighted by Gasteiger charge is 2.63. The van der Waals surface area contributed by atoms with Gasteiger partial charge in [-0.25, -0.2) is 0 Å². The van der Waals surface area contributed by atoms with Crippen molar-refractivity contribution in [3.8, 4) is 0 Å². The van der Waals surface area contributed by atoms with E-state index in [4.69, 9.17) is 0 Å². The van der Waals surface area contributed by atoms with Gasteiger partial charge in [-0.05, 0) is 48.9 Å². The standard InChI is InChI=1S/C19H26O3/c1-18-8-7-12(20)9-11(18)3-4-13-14-5-6-16(22)19(14,2)10-15(21)17(13)18/h11,13-14,17H,3-10H2,1-2H3/t11-,13+,14+,17-,18-,19+/m0/s1. The number of ketones is 3. The van der Waals surface area contributed by atoms with Crippen LogP contribution in [0, 0.1) is 34.5 Å². The number of rotatable bonds is 0. The summed E-state index contributed by atoms with van der Waals surface area (Å²) < 4.78 is 0. The Kier molecular flexibility index (Phi) is 3.00. The lowest BCUT2D eigenvalue weighted by Crippen LogP contribution is -2.57. The van der Waals surface area contributed by atoms with Gasteiger partial charge in [0.1, 0.15) is 17.3 Å². The summed E-state index contributed by atoms with van der Waals surface area (Å²) in [6.45, 7) is 4.30. The Morgan fingerprint density at radius 3 is 2.55 bits per heavy atom. The van der Waals surface area contributed by atoms with Gasteiger partial charge in [-0.1, -0.05) is 13.8 Å². The third-order valence-electron chi connectivity index (χ3n) is 7.88. The Balaban J connectivity index is 1.72. The summed E-state index contributed by atoms with van der Waals surface area (Å²) in [5, 5.41) is 0. The van der Waals surface area contributed by atoms with Gasteiger partial charge in [0.2, 0.25) is 0 Å². The number of Topliss-reactive ketones (excluding diaryl/α,β-unsaturated/α-hetero) is 3. The third kappa shape index (κ3) is 1.71. The number of fused-ring (bicyclic) bond motifs is 5. The van der Waals surface area contributed by atoms with E-state index >= 15 is 0 Å². The van der Waals surface area contributed by atoms with Crippen LogP contribution >= 0.6 is 0 Å². The van der Waals surface area contributed by atoms with E-state index in [9.17, 15) is 14.4 Å². The van der Waals surface area contributed by atoms with E-state index in [1.165, 1.54) is 0 Å². The molecule has 0 unspecified atom stereocenters. The first kappa shape index (κ1) is 14.6. The van der Waals surface area contributed by atoms with Crippen LogP contribution in [0.3, 0.4) is 0 Å². The Morgan fingerprint density at radius 2 is 1.77 bits per heavy atom. The first-order chi connectivity index (χ1) is 10.4. The molecular weight excluding hydrogens is 276 g/mol. The second-order valence-corrected chi connectivity index (χ2v) is 8.79. The van der Waals surface area contributed by atoms with Crippen LogP contribution in [0.4, 0.5) is 0 Å². The van der Waals surface area contributed by atoms with E-state index in [1.807, 2.05) is 6.92 Å². The van der Waals surface area contributed by atoms with E-state index in [1.54, 1.807) is 0 Å². The molecule has 4 fully saturated rings. The van der Waals surface area contributed by atoms with Gasteiger partial charge >= 0.3 is 0 Å². The molecule has 0 aromatic carbocycles. The van der Waals surface area contributed by atoms with Crippen LogP contribution in [0.15, 0.2) is 0 Å². The van der Waals surface area contributed by atoms with Crippen LogP contribution in [0.25, 0.3) is 0 Å². The predicted molar refractivity (Wildman–Crippen MR) is 82.1 cm³/mol. The maximum absolute atomic E-state index is 13.0. The maximum Gasteiger partial charge on any atom is 0.139 e. The quantitative estimate of drug-likeness (QED) is 0.689. The lowest BCUT2D eigenvalue weighted by molar-refractivity contribution is -0.161. The smallest absolute Gasteiger partial charge is 0.139 e. The van der Waals surface area contributed by atoms with Crippen molar-refractivity contribution in [3.05, 3.63) is 0 Å². The molecule has 4 aliphatic carbocycles. The topological polar surface area (TPSA) is 51.2 Å². The third-order valence-corrected chi connectivity index (χ3v) is 7.88. The Hall–Kier alpha value is -0.990. The highest BCUT2D eigenvalue weighted by atomic mass is 16.1. The molecule has 0 aromatic rings. The zero-order valence-electron chi connectivity index (χ0n) is 13.7. The molecule has 22 heavy (non-hydrogen) atoms. The molecule has 120 valence electrons. The van der Waals surface area contributed by atoms with Gasteiger partial charge < -0.3 is 0 Å². The highest BCUT2D eigenvalue weighted by Crippen LogP contribution is 2.64. The van der Waals surface area contributed by atoms with Crippen molar-refractivity contribution in [1.82, 2.24) is 0 Å². The number of hydrogen-bond acceptors (Lipinski definition) is 3. The van der Waals surface area contributed by atoms with Crippen LogP contribution in [0.5, 0.6) is 0 Å². The van der Waals surface area contributed by atoms with Crippen molar-refractivity contribution in [2.24, 2.45) is 34.5 Å². The zero-order chi connectivity index (χ0) is 15.7. The molecule has 0 radical (unpaired) electrons. The van der Waals surface area contributed by atoms with Gasteiger partial charge in [-0.2, -0.15) is 0 Å². The molecule has 6 atom stereocenters. The van der Waals surface area contributed by atoms with Crippen molar-refractivity contribution in [2.45, 2.75) is 65.2 Å². The molecule has 3 heteroatoms. The minimum absolute atomic E-state index is 0.000871. The van der Waals surface area contributed by atoms with E-state index in [2.05, 4.69) is 6.92 Å². The number of carbonyl (C=O) groups excluding carboxylic acids is 3. The van der Waals surface area contributed by atoms with Gasteiger partial charge in [0, 0.05) is 37.0 Å². The summed E-state index contributed by atoms with van der Waals surface area (Å²) in [7, 11) is 0. The molecule has 0 N–H and O–H groups in total. The summed E-state index contributed by atoms with van der Waals surface area (Å²) in [6.07, 6.45) is 6.39. The van der Waals surface area contributed by atoms with E-state index < -0.39 is 0 Å². The van der Waals surface area contributed by atoms with E-state index in [0.29, 0.717) is 60.8 Å². The second-order valence-electron chi connectivity index (χ2n) is 8.79. The molecule has 0 aromatic heterocycles. The summed E-state index contributed by atoms with van der Waals surface area (Å²) in [5.41, 5.74) is -0.382. The average Bonchev–Trinajstić information content (AvgIpc) is 2.75. The van der Waals surface area contributed by atoms with Crippen LogP contribution in [0.1, 0.15) is 65.2 Å². The van der Waals surface area contributed by atoms with Crippen molar-refractivity contribution < 1.29 is 14.4 Å². The average molecular weight is 302 g/mol. The molecule has 4 aliphatic rings. The SMILES string of the molecule is C[C@]12CCC(=O)C[C@@H]1CC[C@H]1[C@H]2C(=O)C[C@@]2(C)C(=O)CC[C@H]12. The first-order valence-corrected chi connectivity index (χ1v) is 8.94. The summed E-state index contributed by atoms with van der Waals surface area (Å²) >= 11 is 0. The van der Waals surface area contributed by atoms with Crippen molar-refractivity contribution >= 4 is 17.3 Å². The molecule has 0 bridgehead atoms. The normalized spacial score (nSPS) is 51.3. The molecule has 3 nitrogen and oxygen atoms in total. The fourth-order valence-electron chi connectivity index (χ4n) is 6.64. The molecule has 0 amide bonds. The summed E-state index contributed by atoms with van der Waals surface area (Å²) in [6, 6.07) is 0. The predicted octanol–water partition coefficient (Wildman–Crippen LogP) is 3.35. The molecular formula is C19H26O3. The van der Waals surface area contributed by atoms with Gasteiger partial charge in [-0.3, -0.25) is 14.4 Å². The van der Waals surface area contributed by atoms with Crippen LogP contribution in [-0.4, -0.2) is 17.3 Å². The van der Waals surface area contributed by atoms with Crippen LogP contribution in [-0.2, 0) is 14.4 Å². The van der Waals surface area contributed by atoms with Crippen molar-refractivity contribution in [1.29, 1.82) is 0 Å². The van der Waals surface area contributed by atoms with Crippen molar-refractivity contribution in [2.75, 3.05) is 0 Å². The highest BCUT2D eigenvalue weighted by molar-refractivity contribution is 5.95. The summed E-state index contributed by atoms with van der Waals surface area (Å²) in [5.74, 6) is 2.29. The Labute approximate surface area is 132 Å². The van der Waals surface area contributed by atoms with E-state index in [0.717, 1.165) is 25.7 Å². The second kappa shape index (κ2) is 4.52. The molecule has 0 aliphatic heterocycles. The fraction of sp³-hybridized carbons (Fsp3) is 0.842. The van der Waals surface area contributed by atoms with Gasteiger partial charge in [-0.15, -0.1) is 0 Å². The largest absolute Gasteiger partial charge is 0.300 e. The number of carbonyl (C=O) groups is 3. The van der Waals surface area contributed by atoms with Crippen LogP contribution in [0.2, 0.25) is 0 Å². The first-order valence-electron chi connectivity index (χ1n) is 8.94. The zero-order valence-corrected chi connectivity index (χ0v) is 13.7. The van der Waals surface area contributed by atoms with Crippen LogP contribution < -0.4 is 0 Å². The molecule has 0 saturated heterocycles. The van der Waals surface area contributed by atoms with E-state index in [-0.39, 0.29) is 16.7 Å². The molecule has 4 rings (SSSR count). The Bertz CT molecular complexity index is 565. The minimum atomic E-state index is -0.383. The molecule has 0 spiro atoms. The minimum Gasteiger partial charge on any atom is -0.300 e. The fourth-order valence-corrected chi connectivity index (χ4v) is 6.64. The van der Waals surface area contributed by atoms with Gasteiger partial charge in [0.15, 0.2) is 0 Å². The lowest BCUT2D eigenvalue weighted by Gasteiger charge is -2.58. The number of hydrogen-bond donors (Lipinski definition) is 0.